The molecule has 0 bridgehead atoms. The van der Waals surface area contributed by atoms with Gasteiger partial charge in [-0.1, -0.05) is 18.2 Å². The largest absolute Gasteiger partial charge is 0.416 e. The van der Waals surface area contributed by atoms with Gasteiger partial charge in [-0.25, -0.2) is 4.79 Å². The minimum absolute atomic E-state index is 0.0787. The molecule has 2 N–H and O–H groups in total. The molecule has 0 atom stereocenters. The molecule has 8 heteroatoms. The van der Waals surface area contributed by atoms with Crippen LogP contribution in [0.15, 0.2) is 24.3 Å². The van der Waals surface area contributed by atoms with Crippen molar-refractivity contribution in [3.05, 3.63) is 35.4 Å². The summed E-state index contributed by atoms with van der Waals surface area (Å²) in [7, 11) is 1.49. The van der Waals surface area contributed by atoms with E-state index in [-0.39, 0.29) is 24.7 Å². The Morgan fingerprint density at radius 3 is 2.58 bits per heavy atom. The highest BCUT2D eigenvalue weighted by Crippen LogP contribution is 2.32. The SMILES string of the molecule is CN(Cc1ccccc1C(F)(F)F)C(=O)NCC1CCN(CCO)CC1. The Kier molecular flexibility index (Phi) is 7.28. The lowest BCUT2D eigenvalue weighted by Crippen LogP contribution is -2.43. The Morgan fingerprint density at radius 2 is 1.96 bits per heavy atom. The normalized spacial score (nSPS) is 16.5. The number of benzene rings is 1. The molecule has 5 nitrogen and oxygen atoms in total. The molecular formula is C18H26F3N3O2. The van der Waals surface area contributed by atoms with Gasteiger partial charge < -0.3 is 20.2 Å². The van der Waals surface area contributed by atoms with Crippen LogP contribution in [0.3, 0.4) is 0 Å². The van der Waals surface area contributed by atoms with E-state index in [0.29, 0.717) is 19.0 Å². The van der Waals surface area contributed by atoms with Gasteiger partial charge in [-0.2, -0.15) is 13.2 Å². The van der Waals surface area contributed by atoms with Crippen molar-refractivity contribution in [1.29, 1.82) is 0 Å². The highest BCUT2D eigenvalue weighted by Gasteiger charge is 2.33. The molecule has 1 aromatic rings. The van der Waals surface area contributed by atoms with Crippen molar-refractivity contribution in [1.82, 2.24) is 15.1 Å². The van der Waals surface area contributed by atoms with Gasteiger partial charge in [0.05, 0.1) is 12.2 Å². The predicted molar refractivity (Wildman–Crippen MR) is 92.6 cm³/mol. The Balaban J connectivity index is 1.82. The van der Waals surface area contributed by atoms with Gasteiger partial charge >= 0.3 is 12.2 Å². The highest BCUT2D eigenvalue weighted by molar-refractivity contribution is 5.73. The van der Waals surface area contributed by atoms with Gasteiger partial charge in [0.2, 0.25) is 0 Å². The predicted octanol–water partition coefficient (Wildman–Crippen LogP) is 2.55. The van der Waals surface area contributed by atoms with Gasteiger partial charge in [-0.05, 0) is 43.5 Å². The second kappa shape index (κ2) is 9.23. The minimum Gasteiger partial charge on any atom is -0.395 e. The highest BCUT2D eigenvalue weighted by atomic mass is 19.4. The van der Waals surface area contributed by atoms with Crippen LogP contribution >= 0.6 is 0 Å². The summed E-state index contributed by atoms with van der Waals surface area (Å²) in [5.74, 6) is 0.352. The van der Waals surface area contributed by atoms with Gasteiger partial charge in [0, 0.05) is 26.7 Å². The Labute approximate surface area is 151 Å². The topological polar surface area (TPSA) is 55.8 Å². The number of urea groups is 1. The average Bonchev–Trinajstić information content (AvgIpc) is 2.60. The number of likely N-dealkylation sites (tertiary alicyclic amines) is 1. The van der Waals surface area contributed by atoms with Crippen molar-refractivity contribution in [3.8, 4) is 0 Å². The van der Waals surface area contributed by atoms with Gasteiger partial charge in [0.1, 0.15) is 0 Å². The fourth-order valence-corrected chi connectivity index (χ4v) is 3.18. The first-order valence-electron chi connectivity index (χ1n) is 8.78. The molecule has 1 aliphatic heterocycles. The lowest BCUT2D eigenvalue weighted by Gasteiger charge is -2.31. The fraction of sp³-hybridized carbons (Fsp3) is 0.611. The summed E-state index contributed by atoms with van der Waals surface area (Å²) in [4.78, 5) is 15.7. The van der Waals surface area contributed by atoms with E-state index in [1.807, 2.05) is 0 Å². The number of nitrogens with zero attached hydrogens (tertiary/aromatic N) is 2. The second-order valence-corrected chi connectivity index (χ2v) is 6.71. The number of halogens is 3. The molecule has 0 radical (unpaired) electrons. The molecular weight excluding hydrogens is 347 g/mol. The van der Waals surface area contributed by atoms with Crippen molar-refractivity contribution < 1.29 is 23.1 Å². The zero-order valence-electron chi connectivity index (χ0n) is 14.9. The van der Waals surface area contributed by atoms with Gasteiger partial charge in [-0.3, -0.25) is 0 Å². The first-order chi connectivity index (χ1) is 12.3. The number of amides is 2. The van der Waals surface area contributed by atoms with Crippen molar-refractivity contribution >= 4 is 6.03 Å². The summed E-state index contributed by atoms with van der Waals surface area (Å²) in [6.45, 7) is 2.99. The van der Waals surface area contributed by atoms with Crippen LogP contribution in [0.4, 0.5) is 18.0 Å². The Morgan fingerprint density at radius 1 is 1.31 bits per heavy atom. The van der Waals surface area contributed by atoms with Crippen LogP contribution in [0.5, 0.6) is 0 Å². The molecule has 2 rings (SSSR count). The molecule has 2 amide bonds. The molecule has 26 heavy (non-hydrogen) atoms. The van der Waals surface area contributed by atoms with E-state index in [4.69, 9.17) is 5.11 Å². The smallest absolute Gasteiger partial charge is 0.395 e. The van der Waals surface area contributed by atoms with Crippen LogP contribution in [-0.2, 0) is 12.7 Å². The number of hydrogen-bond acceptors (Lipinski definition) is 3. The van der Waals surface area contributed by atoms with Crippen LogP contribution in [0.25, 0.3) is 0 Å². The molecule has 1 aromatic carbocycles. The average molecular weight is 373 g/mol. The van der Waals surface area contributed by atoms with Crippen molar-refractivity contribution in [2.45, 2.75) is 25.6 Å². The summed E-state index contributed by atoms with van der Waals surface area (Å²) in [5, 5.41) is 11.8. The van der Waals surface area contributed by atoms with E-state index in [9.17, 15) is 18.0 Å². The van der Waals surface area contributed by atoms with Crippen molar-refractivity contribution in [3.63, 3.8) is 0 Å². The monoisotopic (exact) mass is 373 g/mol. The quantitative estimate of drug-likeness (QED) is 0.806. The molecule has 1 heterocycles. The van der Waals surface area contributed by atoms with E-state index in [1.54, 1.807) is 0 Å². The van der Waals surface area contributed by atoms with E-state index in [1.165, 1.54) is 30.1 Å². The Hall–Kier alpha value is -1.80. The number of carbonyl (C=O) groups is 1. The first kappa shape index (κ1) is 20.5. The maximum absolute atomic E-state index is 13.0. The van der Waals surface area contributed by atoms with E-state index < -0.39 is 11.7 Å². The number of piperidine rings is 1. The molecule has 0 spiro atoms. The number of carbonyl (C=O) groups excluding carboxylic acids is 1. The number of alkyl halides is 3. The van der Waals surface area contributed by atoms with Gasteiger partial charge in [-0.15, -0.1) is 0 Å². The second-order valence-electron chi connectivity index (χ2n) is 6.71. The number of nitrogens with one attached hydrogen (secondary N) is 1. The lowest BCUT2D eigenvalue weighted by atomic mass is 9.97. The summed E-state index contributed by atoms with van der Waals surface area (Å²) in [6, 6.07) is 4.93. The molecule has 0 aliphatic carbocycles. The third kappa shape index (κ3) is 5.88. The number of β-amino-alcohol motifs (C(OH)–C–C–N with tert-alkyl or cyclic N) is 1. The molecule has 0 unspecified atom stereocenters. The van der Waals surface area contributed by atoms with Crippen LogP contribution in [0.1, 0.15) is 24.0 Å². The standard InChI is InChI=1S/C18H26F3N3O2/c1-23(13-15-4-2-3-5-16(15)18(19,20)21)17(26)22-12-14-6-8-24(9-7-14)10-11-25/h2-5,14,25H,6-13H2,1H3,(H,22,26). The summed E-state index contributed by atoms with van der Waals surface area (Å²) in [6.07, 6.45) is -2.57. The summed E-state index contributed by atoms with van der Waals surface area (Å²) < 4.78 is 39.1. The van der Waals surface area contributed by atoms with Crippen molar-refractivity contribution in [2.24, 2.45) is 5.92 Å². The minimum atomic E-state index is -4.43. The zero-order chi connectivity index (χ0) is 19.2. The first-order valence-corrected chi connectivity index (χ1v) is 8.78. The Bertz CT molecular complexity index is 587. The third-order valence-electron chi connectivity index (χ3n) is 4.74. The number of aliphatic hydroxyl groups excluding tert-OH is 1. The maximum Gasteiger partial charge on any atom is 0.416 e. The number of rotatable bonds is 6. The van der Waals surface area contributed by atoms with Crippen LogP contribution in [0.2, 0.25) is 0 Å². The third-order valence-corrected chi connectivity index (χ3v) is 4.74. The molecule has 0 aromatic heterocycles. The maximum atomic E-state index is 13.0. The van der Waals surface area contributed by atoms with Crippen molar-refractivity contribution in [2.75, 3.05) is 39.8 Å². The fourth-order valence-electron chi connectivity index (χ4n) is 3.18. The zero-order valence-corrected chi connectivity index (χ0v) is 14.9. The van der Waals surface area contributed by atoms with Crippen LogP contribution < -0.4 is 5.32 Å². The van der Waals surface area contributed by atoms with E-state index in [2.05, 4.69) is 10.2 Å². The van der Waals surface area contributed by atoms with Crippen LogP contribution in [-0.4, -0.2) is 60.8 Å². The van der Waals surface area contributed by atoms with Gasteiger partial charge in [0.25, 0.3) is 0 Å². The molecule has 0 saturated carbocycles. The number of aliphatic hydroxyl groups is 1. The lowest BCUT2D eigenvalue weighted by molar-refractivity contribution is -0.138. The number of hydrogen-bond donors (Lipinski definition) is 2. The summed E-state index contributed by atoms with van der Waals surface area (Å²) in [5.41, 5.74) is -0.633. The molecule has 1 saturated heterocycles. The summed E-state index contributed by atoms with van der Waals surface area (Å²) >= 11 is 0. The molecule has 146 valence electrons. The molecule has 1 aliphatic rings. The van der Waals surface area contributed by atoms with E-state index in [0.717, 1.165) is 32.0 Å². The molecule has 1 fully saturated rings. The van der Waals surface area contributed by atoms with Crippen LogP contribution in [0, 0.1) is 5.92 Å². The van der Waals surface area contributed by atoms with E-state index >= 15 is 0 Å². The van der Waals surface area contributed by atoms with Gasteiger partial charge in [0.15, 0.2) is 0 Å².